The highest BCUT2D eigenvalue weighted by molar-refractivity contribution is 7.99. The summed E-state index contributed by atoms with van der Waals surface area (Å²) in [5, 5.41) is 2.76. The molecule has 0 spiro atoms. The van der Waals surface area contributed by atoms with Gasteiger partial charge < -0.3 is 10.2 Å². The molecule has 28 heavy (non-hydrogen) atoms. The van der Waals surface area contributed by atoms with Crippen LogP contribution in [0.25, 0.3) is 0 Å². The SMILES string of the molecule is CCNC(=O)C(C)N(Cc1ccc(F)cc1)C(=O)CSCc1ccc(C)cc1. The number of nitrogens with one attached hydrogen (secondary N) is 1. The Morgan fingerprint density at radius 2 is 1.68 bits per heavy atom. The minimum absolute atomic E-state index is 0.111. The predicted octanol–water partition coefficient (Wildman–Crippen LogP) is 3.92. The van der Waals surface area contributed by atoms with Crippen molar-refractivity contribution in [1.29, 1.82) is 0 Å². The average Bonchev–Trinajstić information content (AvgIpc) is 2.68. The number of aryl methyl sites for hydroxylation is 1. The molecule has 1 N–H and O–H groups in total. The quantitative estimate of drug-likeness (QED) is 0.692. The molecule has 0 aromatic heterocycles. The third kappa shape index (κ3) is 6.68. The maximum atomic E-state index is 13.2. The summed E-state index contributed by atoms with van der Waals surface area (Å²) in [6.07, 6.45) is 0. The lowest BCUT2D eigenvalue weighted by molar-refractivity contribution is -0.138. The van der Waals surface area contributed by atoms with E-state index in [1.54, 1.807) is 24.0 Å². The third-order valence-corrected chi connectivity index (χ3v) is 5.39. The summed E-state index contributed by atoms with van der Waals surface area (Å²) in [5.74, 6) is 0.374. The number of amides is 2. The number of nitrogens with zero attached hydrogens (tertiary/aromatic N) is 1. The van der Waals surface area contributed by atoms with E-state index in [4.69, 9.17) is 0 Å². The van der Waals surface area contributed by atoms with Gasteiger partial charge in [-0.1, -0.05) is 42.0 Å². The van der Waals surface area contributed by atoms with Crippen LogP contribution in [0.2, 0.25) is 0 Å². The predicted molar refractivity (Wildman–Crippen MR) is 112 cm³/mol. The van der Waals surface area contributed by atoms with Gasteiger partial charge in [0.2, 0.25) is 11.8 Å². The van der Waals surface area contributed by atoms with Gasteiger partial charge >= 0.3 is 0 Å². The number of carbonyl (C=O) groups is 2. The molecule has 4 nitrogen and oxygen atoms in total. The molecule has 150 valence electrons. The fourth-order valence-electron chi connectivity index (χ4n) is 2.71. The summed E-state index contributed by atoms with van der Waals surface area (Å²) < 4.78 is 13.2. The first-order valence-electron chi connectivity index (χ1n) is 9.35. The first-order valence-corrected chi connectivity index (χ1v) is 10.5. The lowest BCUT2D eigenvalue weighted by atomic mass is 10.1. The number of hydrogen-bond acceptors (Lipinski definition) is 3. The second kappa shape index (κ2) is 10.9. The minimum atomic E-state index is -0.600. The summed E-state index contributed by atoms with van der Waals surface area (Å²) in [6.45, 7) is 6.37. The number of benzene rings is 2. The molecule has 0 saturated carbocycles. The summed E-state index contributed by atoms with van der Waals surface area (Å²) >= 11 is 1.52. The van der Waals surface area contributed by atoms with E-state index in [1.807, 2.05) is 13.8 Å². The van der Waals surface area contributed by atoms with Crippen LogP contribution >= 0.6 is 11.8 Å². The van der Waals surface area contributed by atoms with Crippen LogP contribution in [0.3, 0.4) is 0 Å². The Balaban J connectivity index is 2.03. The number of rotatable bonds is 9. The van der Waals surface area contributed by atoms with Crippen molar-refractivity contribution < 1.29 is 14.0 Å². The zero-order valence-electron chi connectivity index (χ0n) is 16.6. The zero-order valence-corrected chi connectivity index (χ0v) is 17.4. The smallest absolute Gasteiger partial charge is 0.242 e. The molecular weight excluding hydrogens is 375 g/mol. The normalized spacial score (nSPS) is 11.7. The molecule has 0 aliphatic carbocycles. The zero-order chi connectivity index (χ0) is 20.5. The average molecular weight is 403 g/mol. The Hall–Kier alpha value is -2.34. The van der Waals surface area contributed by atoms with E-state index in [2.05, 4.69) is 29.6 Å². The molecule has 0 fully saturated rings. The van der Waals surface area contributed by atoms with Crippen molar-refractivity contribution in [1.82, 2.24) is 10.2 Å². The van der Waals surface area contributed by atoms with Crippen LogP contribution in [0.4, 0.5) is 4.39 Å². The lowest BCUT2D eigenvalue weighted by Crippen LogP contribution is -2.48. The molecule has 0 radical (unpaired) electrons. The van der Waals surface area contributed by atoms with Crippen molar-refractivity contribution in [2.75, 3.05) is 12.3 Å². The molecule has 0 aliphatic heterocycles. The van der Waals surface area contributed by atoms with Crippen molar-refractivity contribution in [3.8, 4) is 0 Å². The Kier molecular flexibility index (Phi) is 8.51. The molecule has 1 unspecified atom stereocenters. The highest BCUT2D eigenvalue weighted by atomic mass is 32.2. The highest BCUT2D eigenvalue weighted by Crippen LogP contribution is 2.16. The van der Waals surface area contributed by atoms with Crippen molar-refractivity contribution in [3.63, 3.8) is 0 Å². The van der Waals surface area contributed by atoms with Crippen molar-refractivity contribution in [2.45, 2.75) is 39.1 Å². The molecule has 2 aromatic carbocycles. The van der Waals surface area contributed by atoms with Crippen LogP contribution < -0.4 is 5.32 Å². The van der Waals surface area contributed by atoms with E-state index >= 15 is 0 Å². The van der Waals surface area contributed by atoms with E-state index in [9.17, 15) is 14.0 Å². The molecule has 0 saturated heterocycles. The van der Waals surface area contributed by atoms with Crippen molar-refractivity contribution in [2.24, 2.45) is 0 Å². The maximum Gasteiger partial charge on any atom is 0.242 e. The fraction of sp³-hybridized carbons (Fsp3) is 0.364. The summed E-state index contributed by atoms with van der Waals surface area (Å²) in [5.41, 5.74) is 3.14. The Bertz CT molecular complexity index is 778. The summed E-state index contributed by atoms with van der Waals surface area (Å²) in [7, 11) is 0. The third-order valence-electron chi connectivity index (χ3n) is 4.40. The van der Waals surface area contributed by atoms with Gasteiger partial charge in [0, 0.05) is 18.8 Å². The van der Waals surface area contributed by atoms with Crippen LogP contribution in [0.15, 0.2) is 48.5 Å². The van der Waals surface area contributed by atoms with Crippen LogP contribution in [-0.4, -0.2) is 35.1 Å². The number of halogens is 1. The molecule has 1 atom stereocenters. The Morgan fingerprint density at radius 3 is 2.29 bits per heavy atom. The number of carbonyl (C=O) groups excluding carboxylic acids is 2. The lowest BCUT2D eigenvalue weighted by Gasteiger charge is -2.28. The van der Waals surface area contributed by atoms with Gasteiger partial charge in [0.1, 0.15) is 11.9 Å². The van der Waals surface area contributed by atoms with Crippen LogP contribution in [0, 0.1) is 12.7 Å². The van der Waals surface area contributed by atoms with Gasteiger partial charge in [-0.25, -0.2) is 4.39 Å². The van der Waals surface area contributed by atoms with Gasteiger partial charge in [-0.2, -0.15) is 0 Å². The second-order valence-corrected chi connectivity index (χ2v) is 7.68. The monoisotopic (exact) mass is 402 g/mol. The number of hydrogen-bond donors (Lipinski definition) is 1. The molecular formula is C22H27FN2O2S. The first-order chi connectivity index (χ1) is 13.4. The van der Waals surface area contributed by atoms with E-state index in [0.717, 1.165) is 16.9 Å². The largest absolute Gasteiger partial charge is 0.355 e. The van der Waals surface area contributed by atoms with E-state index in [0.29, 0.717) is 6.54 Å². The summed E-state index contributed by atoms with van der Waals surface area (Å²) in [6, 6.07) is 13.6. The molecule has 2 aromatic rings. The molecule has 6 heteroatoms. The van der Waals surface area contributed by atoms with Crippen molar-refractivity contribution >= 4 is 23.6 Å². The number of thioether (sulfide) groups is 1. The highest BCUT2D eigenvalue weighted by Gasteiger charge is 2.25. The summed E-state index contributed by atoms with van der Waals surface area (Å²) in [4.78, 5) is 26.7. The van der Waals surface area contributed by atoms with Crippen molar-refractivity contribution in [3.05, 3.63) is 71.0 Å². The Labute approximate surface area is 170 Å². The maximum absolute atomic E-state index is 13.2. The van der Waals surface area contributed by atoms with Crippen LogP contribution in [-0.2, 0) is 21.9 Å². The Morgan fingerprint density at radius 1 is 1.07 bits per heavy atom. The molecule has 0 heterocycles. The topological polar surface area (TPSA) is 49.4 Å². The van der Waals surface area contributed by atoms with Crippen LogP contribution in [0.1, 0.15) is 30.5 Å². The molecule has 2 rings (SSSR count). The fourth-order valence-corrected chi connectivity index (χ4v) is 3.59. The van der Waals surface area contributed by atoms with E-state index in [-0.39, 0.29) is 29.9 Å². The van der Waals surface area contributed by atoms with Gasteiger partial charge in [-0.3, -0.25) is 9.59 Å². The molecule has 0 aliphatic rings. The standard InChI is InChI=1S/C22H27FN2O2S/c1-4-24-22(27)17(3)25(13-18-9-11-20(23)12-10-18)21(26)15-28-14-19-7-5-16(2)6-8-19/h5-12,17H,4,13-15H2,1-3H3,(H,24,27). The number of likely N-dealkylation sites (N-methyl/N-ethyl adjacent to an activating group) is 1. The van der Waals surface area contributed by atoms with Crippen LogP contribution in [0.5, 0.6) is 0 Å². The van der Waals surface area contributed by atoms with Gasteiger partial charge in [0.15, 0.2) is 0 Å². The van der Waals surface area contributed by atoms with E-state index in [1.165, 1.54) is 29.5 Å². The second-order valence-electron chi connectivity index (χ2n) is 6.70. The van der Waals surface area contributed by atoms with Gasteiger partial charge in [0.25, 0.3) is 0 Å². The van der Waals surface area contributed by atoms with E-state index < -0.39 is 6.04 Å². The van der Waals surface area contributed by atoms with Gasteiger partial charge in [-0.05, 0) is 44.0 Å². The van der Waals surface area contributed by atoms with Gasteiger partial charge in [-0.15, -0.1) is 11.8 Å². The molecule has 2 amide bonds. The van der Waals surface area contributed by atoms with Gasteiger partial charge in [0.05, 0.1) is 5.75 Å². The minimum Gasteiger partial charge on any atom is -0.355 e. The molecule has 0 bridgehead atoms. The first kappa shape index (κ1) is 22.0.